The number of rotatable bonds is 7. The average molecular weight is 404 g/mol. The SMILES string of the molecule is CC(C)(C)OC(=O)NCC(=O)N[C@@H](Cc1ccccc1)C(=O)NC1CCCCC1. The molecule has 7 nitrogen and oxygen atoms in total. The Hall–Kier alpha value is -2.57. The zero-order valence-corrected chi connectivity index (χ0v) is 17.6. The van der Waals surface area contributed by atoms with Gasteiger partial charge in [-0.15, -0.1) is 0 Å². The lowest BCUT2D eigenvalue weighted by Gasteiger charge is -2.26. The minimum atomic E-state index is -0.702. The van der Waals surface area contributed by atoms with Crippen LogP contribution in [-0.2, 0) is 20.7 Å². The lowest BCUT2D eigenvalue weighted by molar-refractivity contribution is -0.129. The summed E-state index contributed by atoms with van der Waals surface area (Å²) in [5.41, 5.74) is 0.313. The van der Waals surface area contributed by atoms with Crippen molar-refractivity contribution in [2.45, 2.75) is 77.0 Å². The van der Waals surface area contributed by atoms with E-state index in [-0.39, 0.29) is 18.5 Å². The fraction of sp³-hybridized carbons (Fsp3) is 0.591. The predicted octanol–water partition coefficient (Wildman–Crippen LogP) is 2.69. The molecular formula is C22H33N3O4. The van der Waals surface area contributed by atoms with Gasteiger partial charge in [-0.3, -0.25) is 9.59 Å². The van der Waals surface area contributed by atoms with Gasteiger partial charge in [-0.05, 0) is 39.2 Å². The number of carbonyl (C=O) groups excluding carboxylic acids is 3. The standard InChI is InChI=1S/C22H33N3O4/c1-22(2,3)29-21(28)23-15-19(26)25-18(14-16-10-6-4-7-11-16)20(27)24-17-12-8-5-9-13-17/h4,6-7,10-11,17-18H,5,8-9,12-15H2,1-3H3,(H,23,28)(H,24,27)(H,25,26)/t18-/m0/s1. The van der Waals surface area contributed by atoms with E-state index >= 15 is 0 Å². The molecule has 160 valence electrons. The maximum atomic E-state index is 12.8. The lowest BCUT2D eigenvalue weighted by Crippen LogP contribution is -2.52. The van der Waals surface area contributed by atoms with Crippen LogP contribution in [-0.4, -0.2) is 42.1 Å². The van der Waals surface area contributed by atoms with Gasteiger partial charge in [0.2, 0.25) is 11.8 Å². The molecule has 0 aromatic heterocycles. The normalized spacial score (nSPS) is 15.8. The number of hydrogen-bond donors (Lipinski definition) is 3. The van der Waals surface area contributed by atoms with Gasteiger partial charge in [0.25, 0.3) is 0 Å². The topological polar surface area (TPSA) is 96.5 Å². The van der Waals surface area contributed by atoms with Crippen LogP contribution in [0.1, 0.15) is 58.4 Å². The molecule has 0 aliphatic heterocycles. The Labute approximate surface area is 173 Å². The highest BCUT2D eigenvalue weighted by molar-refractivity contribution is 5.89. The first-order valence-electron chi connectivity index (χ1n) is 10.3. The van der Waals surface area contributed by atoms with E-state index in [2.05, 4.69) is 16.0 Å². The highest BCUT2D eigenvalue weighted by Crippen LogP contribution is 2.17. The molecule has 0 unspecified atom stereocenters. The summed E-state index contributed by atoms with van der Waals surface area (Å²) in [4.78, 5) is 36.9. The molecule has 7 heteroatoms. The molecule has 1 atom stereocenters. The molecule has 0 heterocycles. The lowest BCUT2D eigenvalue weighted by atomic mass is 9.95. The third-order valence-electron chi connectivity index (χ3n) is 4.68. The Bertz CT molecular complexity index is 679. The molecule has 0 radical (unpaired) electrons. The number of amides is 3. The molecule has 1 aromatic rings. The maximum absolute atomic E-state index is 12.8. The molecule has 29 heavy (non-hydrogen) atoms. The van der Waals surface area contributed by atoms with Crippen molar-refractivity contribution < 1.29 is 19.1 Å². The first-order valence-corrected chi connectivity index (χ1v) is 10.3. The summed E-state index contributed by atoms with van der Waals surface area (Å²) in [6, 6.07) is 9.01. The summed E-state index contributed by atoms with van der Waals surface area (Å²) in [6.45, 7) is 4.99. The van der Waals surface area contributed by atoms with Crippen LogP contribution >= 0.6 is 0 Å². The number of ether oxygens (including phenoxy) is 1. The summed E-state index contributed by atoms with van der Waals surface area (Å²) >= 11 is 0. The Morgan fingerprint density at radius 1 is 1.07 bits per heavy atom. The van der Waals surface area contributed by atoms with Gasteiger partial charge in [0, 0.05) is 12.5 Å². The molecular weight excluding hydrogens is 370 g/mol. The van der Waals surface area contributed by atoms with Crippen LogP contribution < -0.4 is 16.0 Å². The van der Waals surface area contributed by atoms with Gasteiger partial charge in [0.05, 0.1) is 0 Å². The zero-order chi connectivity index (χ0) is 21.3. The second-order valence-corrected chi connectivity index (χ2v) is 8.51. The van der Waals surface area contributed by atoms with E-state index < -0.39 is 23.6 Å². The summed E-state index contributed by atoms with van der Waals surface area (Å²) in [5.74, 6) is -0.623. The van der Waals surface area contributed by atoms with Crippen LogP contribution in [0.5, 0.6) is 0 Å². The van der Waals surface area contributed by atoms with Crippen molar-refractivity contribution in [1.82, 2.24) is 16.0 Å². The number of hydrogen-bond acceptors (Lipinski definition) is 4. The van der Waals surface area contributed by atoms with Crippen LogP contribution in [0.15, 0.2) is 30.3 Å². The van der Waals surface area contributed by atoms with E-state index in [0.29, 0.717) is 6.42 Å². The van der Waals surface area contributed by atoms with Gasteiger partial charge in [0.1, 0.15) is 18.2 Å². The maximum Gasteiger partial charge on any atom is 0.408 e. The molecule has 1 fully saturated rings. The van der Waals surface area contributed by atoms with Crippen molar-refractivity contribution in [3.63, 3.8) is 0 Å². The van der Waals surface area contributed by atoms with Crippen molar-refractivity contribution in [1.29, 1.82) is 0 Å². The van der Waals surface area contributed by atoms with E-state index in [1.54, 1.807) is 20.8 Å². The Morgan fingerprint density at radius 2 is 1.72 bits per heavy atom. The zero-order valence-electron chi connectivity index (χ0n) is 17.6. The number of alkyl carbamates (subject to hydrolysis) is 1. The number of benzene rings is 1. The van der Waals surface area contributed by atoms with Crippen LogP contribution in [0.25, 0.3) is 0 Å². The summed E-state index contributed by atoms with van der Waals surface area (Å²) < 4.78 is 5.13. The molecule has 2 rings (SSSR count). The highest BCUT2D eigenvalue weighted by atomic mass is 16.6. The largest absolute Gasteiger partial charge is 0.444 e. The molecule has 0 bridgehead atoms. The van der Waals surface area contributed by atoms with Gasteiger partial charge in [-0.2, -0.15) is 0 Å². The molecule has 0 saturated heterocycles. The Morgan fingerprint density at radius 3 is 2.34 bits per heavy atom. The summed E-state index contributed by atoms with van der Waals surface area (Å²) in [5, 5.41) is 8.25. The average Bonchev–Trinajstić information content (AvgIpc) is 2.66. The number of carbonyl (C=O) groups is 3. The first kappa shape index (κ1) is 22.7. The summed E-state index contributed by atoms with van der Waals surface area (Å²) in [6.07, 6.45) is 5.08. The second kappa shape index (κ2) is 10.8. The van der Waals surface area contributed by atoms with E-state index in [0.717, 1.165) is 31.2 Å². The highest BCUT2D eigenvalue weighted by Gasteiger charge is 2.25. The minimum absolute atomic E-state index is 0.159. The first-order chi connectivity index (χ1) is 13.7. The predicted molar refractivity (Wildman–Crippen MR) is 111 cm³/mol. The van der Waals surface area contributed by atoms with E-state index in [4.69, 9.17) is 4.74 Å². The van der Waals surface area contributed by atoms with Gasteiger partial charge < -0.3 is 20.7 Å². The summed E-state index contributed by atoms with van der Waals surface area (Å²) in [7, 11) is 0. The van der Waals surface area contributed by atoms with Gasteiger partial charge in [0.15, 0.2) is 0 Å². The van der Waals surface area contributed by atoms with Crippen LogP contribution in [0.2, 0.25) is 0 Å². The minimum Gasteiger partial charge on any atom is -0.444 e. The van der Waals surface area contributed by atoms with Gasteiger partial charge >= 0.3 is 6.09 Å². The van der Waals surface area contributed by atoms with Crippen molar-refractivity contribution in [2.24, 2.45) is 0 Å². The van der Waals surface area contributed by atoms with Crippen molar-refractivity contribution in [3.8, 4) is 0 Å². The fourth-order valence-electron chi connectivity index (χ4n) is 3.32. The van der Waals surface area contributed by atoms with Crippen molar-refractivity contribution in [3.05, 3.63) is 35.9 Å². The third kappa shape index (κ3) is 8.98. The number of nitrogens with one attached hydrogen (secondary N) is 3. The Balaban J connectivity index is 1.93. The fourth-order valence-corrected chi connectivity index (χ4v) is 3.32. The monoisotopic (exact) mass is 403 g/mol. The van der Waals surface area contributed by atoms with Gasteiger partial charge in [-0.1, -0.05) is 49.6 Å². The van der Waals surface area contributed by atoms with Gasteiger partial charge in [-0.25, -0.2) is 4.79 Å². The molecule has 0 spiro atoms. The smallest absolute Gasteiger partial charge is 0.408 e. The van der Waals surface area contributed by atoms with Crippen LogP contribution in [0.4, 0.5) is 4.79 Å². The van der Waals surface area contributed by atoms with Crippen molar-refractivity contribution in [2.75, 3.05) is 6.54 Å². The molecule has 3 amide bonds. The van der Waals surface area contributed by atoms with Crippen LogP contribution in [0.3, 0.4) is 0 Å². The van der Waals surface area contributed by atoms with E-state index in [9.17, 15) is 14.4 Å². The molecule has 1 aliphatic rings. The Kier molecular flexibility index (Phi) is 8.49. The molecule has 1 aromatic carbocycles. The second-order valence-electron chi connectivity index (χ2n) is 8.51. The van der Waals surface area contributed by atoms with E-state index in [1.807, 2.05) is 30.3 Å². The molecule has 1 saturated carbocycles. The third-order valence-corrected chi connectivity index (χ3v) is 4.68. The molecule has 3 N–H and O–H groups in total. The van der Waals surface area contributed by atoms with E-state index in [1.165, 1.54) is 6.42 Å². The molecule has 1 aliphatic carbocycles. The quantitative estimate of drug-likeness (QED) is 0.652. The van der Waals surface area contributed by atoms with Crippen molar-refractivity contribution >= 4 is 17.9 Å². The van der Waals surface area contributed by atoms with Crippen LogP contribution in [0, 0.1) is 0 Å².